The molecule has 0 bridgehead atoms. The van der Waals surface area contributed by atoms with Crippen molar-refractivity contribution in [1.82, 2.24) is 15.3 Å². The molecule has 0 aliphatic carbocycles. The Hall–Kier alpha value is -2.81. The van der Waals surface area contributed by atoms with Gasteiger partial charge in [-0.25, -0.2) is 23.5 Å². The first-order chi connectivity index (χ1) is 14.1. The highest BCUT2D eigenvalue weighted by Gasteiger charge is 2.24. The Balaban J connectivity index is 1.61. The normalized spacial score (nSPS) is 14.8. The Bertz CT molecular complexity index is 814. The van der Waals surface area contributed by atoms with E-state index in [-0.39, 0.29) is 11.7 Å². The minimum absolute atomic E-state index is 0.0521. The lowest BCUT2D eigenvalue weighted by molar-refractivity contribution is 0.0808. The lowest BCUT2D eigenvalue weighted by atomic mass is 10.0. The van der Waals surface area contributed by atoms with Gasteiger partial charge >= 0.3 is 6.09 Å². The molecule has 1 N–H and O–H groups in total. The van der Waals surface area contributed by atoms with Crippen LogP contribution < -0.4 is 10.2 Å². The van der Waals surface area contributed by atoms with E-state index in [0.29, 0.717) is 56.2 Å². The third-order valence-corrected chi connectivity index (χ3v) is 4.74. The summed E-state index contributed by atoms with van der Waals surface area (Å²) in [6.45, 7) is 2.11. The summed E-state index contributed by atoms with van der Waals surface area (Å²) >= 11 is 0. The number of alkyl halides is 2. The zero-order valence-electron chi connectivity index (χ0n) is 16.2. The van der Waals surface area contributed by atoms with Gasteiger partial charge in [0.05, 0.1) is 12.3 Å². The first-order valence-electron chi connectivity index (χ1n) is 9.46. The van der Waals surface area contributed by atoms with Crippen LogP contribution in [-0.4, -0.2) is 55.5 Å². The second-order valence-corrected chi connectivity index (χ2v) is 6.66. The fraction of sp³-hybridized carbons (Fsp3) is 0.450. The summed E-state index contributed by atoms with van der Waals surface area (Å²) in [6.07, 6.45) is -0.496. The van der Waals surface area contributed by atoms with Gasteiger partial charge in [-0.05, 0) is 0 Å². The minimum Gasteiger partial charge on any atom is -0.446 e. The quantitative estimate of drug-likeness (QED) is 0.710. The number of ether oxygens (including phenoxy) is 2. The van der Waals surface area contributed by atoms with Crippen LogP contribution in [-0.2, 0) is 9.47 Å². The van der Waals surface area contributed by atoms with Crippen molar-refractivity contribution in [2.24, 2.45) is 0 Å². The summed E-state index contributed by atoms with van der Waals surface area (Å²) in [5, 5.41) is 2.63. The number of methoxy groups -OCH3 is 1. The number of nitrogens with zero attached hydrogens (tertiary/aromatic N) is 3. The zero-order valence-corrected chi connectivity index (χ0v) is 16.2. The van der Waals surface area contributed by atoms with E-state index in [4.69, 9.17) is 9.47 Å². The van der Waals surface area contributed by atoms with Crippen LogP contribution in [0.2, 0.25) is 0 Å². The number of carbonyl (C=O) groups excluding carboxylic acids is 1. The van der Waals surface area contributed by atoms with Gasteiger partial charge in [-0.3, -0.25) is 0 Å². The molecular weight excluding hydrogens is 382 g/mol. The molecule has 9 heteroatoms. The van der Waals surface area contributed by atoms with Crippen molar-refractivity contribution in [3.8, 4) is 11.3 Å². The number of anilines is 1. The van der Waals surface area contributed by atoms with Gasteiger partial charge in [-0.1, -0.05) is 24.3 Å². The van der Waals surface area contributed by atoms with E-state index < -0.39 is 12.5 Å². The number of benzene rings is 1. The van der Waals surface area contributed by atoms with Gasteiger partial charge in [0.1, 0.15) is 18.2 Å². The van der Waals surface area contributed by atoms with E-state index in [1.54, 1.807) is 31.4 Å². The maximum Gasteiger partial charge on any atom is 0.407 e. The molecule has 1 aromatic heterocycles. The van der Waals surface area contributed by atoms with Crippen molar-refractivity contribution in [2.45, 2.75) is 25.4 Å². The van der Waals surface area contributed by atoms with Crippen molar-refractivity contribution in [2.75, 3.05) is 38.3 Å². The molecule has 1 fully saturated rings. The summed E-state index contributed by atoms with van der Waals surface area (Å²) < 4.78 is 36.9. The van der Waals surface area contributed by atoms with Crippen LogP contribution in [0.15, 0.2) is 36.7 Å². The number of carbonyl (C=O) groups is 1. The molecule has 1 aliphatic rings. The number of hydrogen-bond acceptors (Lipinski definition) is 6. The standard InChI is InChI=1S/C20H24F2N4O3/c1-28-11-8-23-20(27)29-14-6-9-26(10-7-14)18-12-17(24-13-25-18)15-4-2-3-5-16(15)19(21)22/h2-5,12-14,19H,6-11H2,1H3,(H,23,27). The van der Waals surface area contributed by atoms with E-state index in [2.05, 4.69) is 15.3 Å². The molecule has 1 aromatic carbocycles. The van der Waals surface area contributed by atoms with Crippen LogP contribution in [0.1, 0.15) is 24.8 Å². The van der Waals surface area contributed by atoms with Gasteiger partial charge in [0.25, 0.3) is 6.43 Å². The summed E-state index contributed by atoms with van der Waals surface area (Å²) in [7, 11) is 1.56. The molecule has 0 saturated carbocycles. The maximum absolute atomic E-state index is 13.3. The van der Waals surface area contributed by atoms with E-state index in [1.807, 2.05) is 4.90 Å². The van der Waals surface area contributed by atoms with E-state index in [9.17, 15) is 13.6 Å². The molecule has 2 aromatic rings. The summed E-state index contributed by atoms with van der Waals surface area (Å²) in [5.41, 5.74) is 0.808. The number of rotatable bonds is 7. The number of hydrogen-bond donors (Lipinski definition) is 1. The largest absolute Gasteiger partial charge is 0.446 e. The Morgan fingerprint density at radius 3 is 2.76 bits per heavy atom. The number of amides is 1. The van der Waals surface area contributed by atoms with Crippen LogP contribution in [0.25, 0.3) is 11.3 Å². The van der Waals surface area contributed by atoms with Crippen molar-refractivity contribution in [3.05, 3.63) is 42.2 Å². The fourth-order valence-electron chi connectivity index (χ4n) is 3.24. The molecular formula is C20H24F2N4O3. The molecule has 0 unspecified atom stereocenters. The van der Waals surface area contributed by atoms with Crippen molar-refractivity contribution in [3.63, 3.8) is 0 Å². The van der Waals surface area contributed by atoms with Gasteiger partial charge in [-0.2, -0.15) is 0 Å². The molecule has 0 radical (unpaired) electrons. The number of aromatic nitrogens is 2. The van der Waals surface area contributed by atoms with Gasteiger partial charge in [0, 0.05) is 56.8 Å². The molecule has 7 nitrogen and oxygen atoms in total. The van der Waals surface area contributed by atoms with Crippen LogP contribution >= 0.6 is 0 Å². The molecule has 0 spiro atoms. The summed E-state index contributed by atoms with van der Waals surface area (Å²) in [4.78, 5) is 22.3. The molecule has 1 aliphatic heterocycles. The van der Waals surface area contributed by atoms with Gasteiger partial charge in [0.2, 0.25) is 0 Å². The van der Waals surface area contributed by atoms with Crippen molar-refractivity contribution in [1.29, 1.82) is 0 Å². The number of halogens is 2. The Labute approximate surface area is 168 Å². The lowest BCUT2D eigenvalue weighted by Gasteiger charge is -2.32. The Morgan fingerprint density at radius 1 is 1.28 bits per heavy atom. The van der Waals surface area contributed by atoms with Crippen LogP contribution in [0.5, 0.6) is 0 Å². The SMILES string of the molecule is COCCNC(=O)OC1CCN(c2cc(-c3ccccc3C(F)F)ncn2)CC1. The predicted octanol–water partition coefficient (Wildman–Crippen LogP) is 3.42. The topological polar surface area (TPSA) is 76.6 Å². The maximum atomic E-state index is 13.3. The molecule has 156 valence electrons. The monoisotopic (exact) mass is 406 g/mol. The van der Waals surface area contributed by atoms with Crippen molar-refractivity contribution < 1.29 is 23.0 Å². The molecule has 0 atom stereocenters. The Kier molecular flexibility index (Phi) is 7.29. The van der Waals surface area contributed by atoms with Crippen molar-refractivity contribution >= 4 is 11.9 Å². The molecule has 1 amide bonds. The number of nitrogens with one attached hydrogen (secondary N) is 1. The zero-order chi connectivity index (χ0) is 20.6. The van der Waals surface area contributed by atoms with E-state index >= 15 is 0 Å². The third-order valence-electron chi connectivity index (χ3n) is 4.74. The summed E-state index contributed by atoms with van der Waals surface area (Å²) in [5.74, 6) is 0.669. The Morgan fingerprint density at radius 2 is 2.03 bits per heavy atom. The highest BCUT2D eigenvalue weighted by Crippen LogP contribution is 2.31. The van der Waals surface area contributed by atoms with Gasteiger partial charge < -0.3 is 19.7 Å². The fourth-order valence-corrected chi connectivity index (χ4v) is 3.24. The van der Waals surface area contributed by atoms with E-state index in [0.717, 1.165) is 0 Å². The average molecular weight is 406 g/mol. The predicted molar refractivity (Wildman–Crippen MR) is 104 cm³/mol. The van der Waals surface area contributed by atoms with Crippen LogP contribution in [0.3, 0.4) is 0 Å². The smallest absolute Gasteiger partial charge is 0.407 e. The highest BCUT2D eigenvalue weighted by molar-refractivity contribution is 5.68. The third kappa shape index (κ3) is 5.60. The number of piperidine rings is 1. The first-order valence-corrected chi connectivity index (χ1v) is 9.46. The second-order valence-electron chi connectivity index (χ2n) is 6.66. The second kappa shape index (κ2) is 10.1. The van der Waals surface area contributed by atoms with E-state index in [1.165, 1.54) is 12.4 Å². The molecule has 1 saturated heterocycles. The first kappa shape index (κ1) is 20.9. The van der Waals surface area contributed by atoms with Crippen LogP contribution in [0.4, 0.5) is 19.4 Å². The molecule has 3 rings (SSSR count). The highest BCUT2D eigenvalue weighted by atomic mass is 19.3. The van der Waals surface area contributed by atoms with Gasteiger partial charge in [0.15, 0.2) is 0 Å². The van der Waals surface area contributed by atoms with Gasteiger partial charge in [-0.15, -0.1) is 0 Å². The van der Waals surface area contributed by atoms with Crippen LogP contribution in [0, 0.1) is 0 Å². The minimum atomic E-state index is -2.58. The summed E-state index contributed by atoms with van der Waals surface area (Å²) in [6, 6.07) is 8.06. The molecule has 2 heterocycles. The average Bonchev–Trinajstić information content (AvgIpc) is 2.74. The molecule has 29 heavy (non-hydrogen) atoms. The lowest BCUT2D eigenvalue weighted by Crippen LogP contribution is -2.40. The number of alkyl carbamates (subject to hydrolysis) is 1.